The fourth-order valence-corrected chi connectivity index (χ4v) is 2.16. The molecule has 0 aliphatic carbocycles. The number of ether oxygens (including phenoxy) is 2. The molecule has 1 aliphatic rings. The van der Waals surface area contributed by atoms with E-state index in [1.54, 1.807) is 0 Å². The van der Waals surface area contributed by atoms with Crippen LogP contribution in [0.15, 0.2) is 0 Å². The Hall–Kier alpha value is -0.930. The van der Waals surface area contributed by atoms with Crippen LogP contribution in [0.2, 0.25) is 0 Å². The van der Waals surface area contributed by atoms with Gasteiger partial charge in [0.2, 0.25) is 0 Å². The molecule has 0 bridgehead atoms. The fourth-order valence-electron chi connectivity index (χ4n) is 2.16. The van der Waals surface area contributed by atoms with E-state index in [2.05, 4.69) is 0 Å². The number of carbonyl (C=O) groups is 1. The van der Waals surface area contributed by atoms with Gasteiger partial charge >= 0.3 is 5.97 Å². The van der Waals surface area contributed by atoms with Crippen LogP contribution in [0.1, 0.15) is 0 Å². The highest BCUT2D eigenvalue weighted by atomic mass is 16.7. The summed E-state index contributed by atoms with van der Waals surface area (Å²) >= 11 is 0. The summed E-state index contributed by atoms with van der Waals surface area (Å²) < 4.78 is 9.98. The highest BCUT2D eigenvalue weighted by molar-refractivity contribution is 5.72. The third-order valence-electron chi connectivity index (χ3n) is 3.62. The molecule has 142 valence electrons. The van der Waals surface area contributed by atoms with Crippen molar-refractivity contribution in [3.63, 3.8) is 0 Å². The Kier molecular flexibility index (Phi) is 7.88. The first-order chi connectivity index (χ1) is 11.1. The maximum Gasteiger partial charge on any atom is 0.335 e. The molecule has 12 heteroatoms. The van der Waals surface area contributed by atoms with Crippen molar-refractivity contribution < 1.29 is 60.2 Å². The first-order valence-electron chi connectivity index (χ1n) is 6.99. The molecule has 0 aromatic carbocycles. The highest BCUT2D eigenvalue weighted by Gasteiger charge is 2.47. The van der Waals surface area contributed by atoms with E-state index in [4.69, 9.17) is 24.8 Å². The second-order valence-electron chi connectivity index (χ2n) is 5.32. The average Bonchev–Trinajstić information content (AvgIpc) is 2.57. The highest BCUT2D eigenvalue weighted by Crippen LogP contribution is 2.24. The van der Waals surface area contributed by atoms with Crippen LogP contribution in [0.25, 0.3) is 0 Å². The maximum atomic E-state index is 10.7. The van der Waals surface area contributed by atoms with Crippen LogP contribution in [0, 0.1) is 0 Å². The Morgan fingerprint density at radius 3 is 2.08 bits per heavy atom. The van der Waals surface area contributed by atoms with E-state index in [0.717, 1.165) is 0 Å². The molecule has 0 saturated carbocycles. The Labute approximate surface area is 135 Å². The first-order valence-corrected chi connectivity index (χ1v) is 6.99. The van der Waals surface area contributed by atoms with Crippen molar-refractivity contribution in [2.75, 3.05) is 13.2 Å². The standard InChI is InChI=1S/C12H22O12/c13-1-3(15)10(7(18)8(19)11(21)22)24-12-9(20)6(17)5(16)4(2-14)23-12/h3-10,12-20H,1-2H2,(H,21,22)/t3-,4+,5-,6-,7-,8+,9+,10-,12-/m0/s1. The smallest absolute Gasteiger partial charge is 0.335 e. The second kappa shape index (κ2) is 8.96. The van der Waals surface area contributed by atoms with E-state index in [9.17, 15) is 35.4 Å². The molecule has 12 nitrogen and oxygen atoms in total. The molecule has 1 fully saturated rings. The summed E-state index contributed by atoms with van der Waals surface area (Å²) in [7, 11) is 0. The first kappa shape index (κ1) is 21.1. The number of carboxylic acid groups (broad SMARTS) is 1. The SMILES string of the molecule is O=C(O)[C@H](O)[C@H](O)[C@@H](O[C@@H]1O[C@H](CO)[C@H](O)[C@H](O)[C@H]1O)[C@@H](O)CO. The van der Waals surface area contributed by atoms with Crippen molar-refractivity contribution in [2.24, 2.45) is 0 Å². The van der Waals surface area contributed by atoms with Crippen LogP contribution in [0.5, 0.6) is 0 Å². The van der Waals surface area contributed by atoms with Gasteiger partial charge in [-0.15, -0.1) is 0 Å². The van der Waals surface area contributed by atoms with Crippen LogP contribution in [-0.2, 0) is 14.3 Å². The molecule has 0 radical (unpaired) electrons. The molecule has 9 atom stereocenters. The largest absolute Gasteiger partial charge is 0.479 e. The van der Waals surface area contributed by atoms with Crippen molar-refractivity contribution >= 4 is 5.97 Å². The van der Waals surface area contributed by atoms with Crippen molar-refractivity contribution in [1.29, 1.82) is 0 Å². The number of hydrogen-bond acceptors (Lipinski definition) is 11. The minimum absolute atomic E-state index is 0.766. The molecular formula is C12H22O12. The van der Waals surface area contributed by atoms with Gasteiger partial charge in [0.25, 0.3) is 0 Å². The number of aliphatic carboxylic acids is 1. The van der Waals surface area contributed by atoms with Crippen molar-refractivity contribution in [2.45, 2.75) is 55.1 Å². The summed E-state index contributed by atoms with van der Waals surface area (Å²) in [5.41, 5.74) is 0. The van der Waals surface area contributed by atoms with Crippen molar-refractivity contribution in [1.82, 2.24) is 0 Å². The number of aliphatic hydroxyl groups excluding tert-OH is 8. The summed E-state index contributed by atoms with van der Waals surface area (Å²) in [6.07, 6.45) is -16.9. The van der Waals surface area contributed by atoms with Gasteiger partial charge in [0.15, 0.2) is 12.4 Å². The maximum absolute atomic E-state index is 10.7. The lowest BCUT2D eigenvalue weighted by atomic mass is 9.98. The van der Waals surface area contributed by atoms with Gasteiger partial charge in [-0.1, -0.05) is 0 Å². The molecular weight excluding hydrogens is 336 g/mol. The predicted octanol–water partition coefficient (Wildman–Crippen LogP) is -5.67. The summed E-state index contributed by atoms with van der Waals surface area (Å²) in [4.78, 5) is 10.7. The zero-order valence-corrected chi connectivity index (χ0v) is 12.4. The molecule has 0 aromatic rings. The van der Waals surface area contributed by atoms with Gasteiger partial charge in [0.1, 0.15) is 42.7 Å². The van der Waals surface area contributed by atoms with Crippen LogP contribution >= 0.6 is 0 Å². The van der Waals surface area contributed by atoms with Gasteiger partial charge < -0.3 is 55.4 Å². The van der Waals surface area contributed by atoms with Crippen LogP contribution in [0.3, 0.4) is 0 Å². The molecule has 24 heavy (non-hydrogen) atoms. The molecule has 0 amide bonds. The molecule has 1 rings (SSSR count). The van der Waals surface area contributed by atoms with E-state index in [0.29, 0.717) is 0 Å². The quantitative estimate of drug-likeness (QED) is 0.198. The zero-order valence-electron chi connectivity index (χ0n) is 12.4. The van der Waals surface area contributed by atoms with Crippen LogP contribution in [-0.4, -0.2) is 120 Å². The van der Waals surface area contributed by atoms with E-state index in [-0.39, 0.29) is 0 Å². The lowest BCUT2D eigenvalue weighted by Gasteiger charge is -2.42. The van der Waals surface area contributed by atoms with Gasteiger partial charge in [0.05, 0.1) is 13.2 Å². The van der Waals surface area contributed by atoms with Crippen LogP contribution < -0.4 is 0 Å². The van der Waals surface area contributed by atoms with Crippen LogP contribution in [0.4, 0.5) is 0 Å². The zero-order chi connectivity index (χ0) is 18.6. The Bertz CT molecular complexity index is 403. The monoisotopic (exact) mass is 358 g/mol. The molecule has 1 aliphatic heterocycles. The summed E-state index contributed by atoms with van der Waals surface area (Å²) in [5, 5.41) is 84.5. The molecule has 9 N–H and O–H groups in total. The minimum atomic E-state index is -2.39. The topological polar surface area (TPSA) is 218 Å². The second-order valence-corrected chi connectivity index (χ2v) is 5.32. The third-order valence-corrected chi connectivity index (χ3v) is 3.62. The van der Waals surface area contributed by atoms with Gasteiger partial charge in [-0.3, -0.25) is 0 Å². The molecule has 1 saturated heterocycles. The summed E-state index contributed by atoms with van der Waals surface area (Å²) in [6.45, 7) is -1.76. The molecule has 1 heterocycles. The van der Waals surface area contributed by atoms with Gasteiger partial charge in [-0.2, -0.15) is 0 Å². The fraction of sp³-hybridized carbons (Fsp3) is 0.917. The van der Waals surface area contributed by atoms with Crippen molar-refractivity contribution in [3.8, 4) is 0 Å². The van der Waals surface area contributed by atoms with E-state index >= 15 is 0 Å². The van der Waals surface area contributed by atoms with Crippen molar-refractivity contribution in [3.05, 3.63) is 0 Å². The van der Waals surface area contributed by atoms with E-state index in [1.165, 1.54) is 0 Å². The Balaban J connectivity index is 2.94. The lowest BCUT2D eigenvalue weighted by molar-refractivity contribution is -0.326. The summed E-state index contributed by atoms with van der Waals surface area (Å²) in [6, 6.07) is 0. The molecule has 0 spiro atoms. The minimum Gasteiger partial charge on any atom is -0.479 e. The molecule has 0 unspecified atom stereocenters. The van der Waals surface area contributed by atoms with E-state index < -0.39 is 74.3 Å². The normalized spacial score (nSPS) is 35.9. The van der Waals surface area contributed by atoms with Gasteiger partial charge in [-0.25, -0.2) is 4.79 Å². The Morgan fingerprint density at radius 2 is 1.62 bits per heavy atom. The third kappa shape index (κ3) is 4.58. The van der Waals surface area contributed by atoms with Gasteiger partial charge in [0, 0.05) is 0 Å². The van der Waals surface area contributed by atoms with E-state index in [1.807, 2.05) is 0 Å². The summed E-state index contributed by atoms with van der Waals surface area (Å²) in [5.74, 6) is -1.84. The Morgan fingerprint density at radius 1 is 1.04 bits per heavy atom. The number of carboxylic acids is 1. The number of aliphatic hydroxyl groups is 8. The lowest BCUT2D eigenvalue weighted by Crippen LogP contribution is -2.61. The number of hydrogen-bond donors (Lipinski definition) is 9. The molecule has 0 aromatic heterocycles. The predicted molar refractivity (Wildman–Crippen MR) is 71.4 cm³/mol. The van der Waals surface area contributed by atoms with Gasteiger partial charge in [-0.05, 0) is 0 Å². The number of rotatable bonds is 8. The average molecular weight is 358 g/mol.